The predicted molar refractivity (Wildman–Crippen MR) is 37.7 cm³/mol. The number of hydrogen-bond acceptors (Lipinski definition) is 0. The minimum Gasteiger partial charge on any atom is -0.121 e. The Morgan fingerprint density at radius 1 is 1.38 bits per heavy atom. The smallest absolute Gasteiger partial charge is 0.0679 e. The lowest BCUT2D eigenvalue weighted by Gasteiger charge is -2.14. The van der Waals surface area contributed by atoms with E-state index in [2.05, 4.69) is 6.08 Å². The number of halogens is 2. The molecule has 0 nitrogen and oxygen atoms in total. The van der Waals surface area contributed by atoms with Crippen LogP contribution in [0.15, 0.2) is 12.2 Å². The van der Waals surface area contributed by atoms with Crippen LogP contribution in [0.4, 0.5) is 0 Å². The van der Waals surface area contributed by atoms with Crippen molar-refractivity contribution < 1.29 is 0 Å². The van der Waals surface area contributed by atoms with E-state index in [4.69, 9.17) is 23.2 Å². The molecule has 0 aromatic rings. The zero-order valence-electron chi connectivity index (χ0n) is 4.48. The average molecular weight is 151 g/mol. The molecule has 0 saturated carbocycles. The molecule has 0 fully saturated rings. The molecule has 0 N–H and O–H groups in total. The lowest BCUT2D eigenvalue weighted by atomic mass is 10.1. The molecule has 1 aliphatic carbocycles. The summed E-state index contributed by atoms with van der Waals surface area (Å²) in [6.45, 7) is 0. The highest BCUT2D eigenvalue weighted by atomic mass is 35.5. The van der Waals surface area contributed by atoms with Crippen LogP contribution in [0.3, 0.4) is 0 Å². The fourth-order valence-electron chi connectivity index (χ4n) is 0.761. The number of alkyl halides is 2. The average Bonchev–Trinajstić information content (AvgIpc) is 1.77. The summed E-state index contributed by atoms with van der Waals surface area (Å²) in [7, 11) is 0. The van der Waals surface area contributed by atoms with Gasteiger partial charge in [0.1, 0.15) is 0 Å². The van der Waals surface area contributed by atoms with E-state index < -0.39 is 0 Å². The van der Waals surface area contributed by atoms with Crippen molar-refractivity contribution in [2.45, 2.75) is 23.6 Å². The van der Waals surface area contributed by atoms with Crippen molar-refractivity contribution in [2.24, 2.45) is 0 Å². The summed E-state index contributed by atoms with van der Waals surface area (Å²) in [5.74, 6) is 0. The van der Waals surface area contributed by atoms with Gasteiger partial charge < -0.3 is 0 Å². The molecular weight excluding hydrogens is 143 g/mol. The van der Waals surface area contributed by atoms with Crippen LogP contribution in [-0.4, -0.2) is 10.8 Å². The predicted octanol–water partition coefficient (Wildman–Crippen LogP) is 2.55. The maximum absolute atomic E-state index is 5.78. The van der Waals surface area contributed by atoms with Crippen molar-refractivity contribution in [3.05, 3.63) is 12.2 Å². The summed E-state index contributed by atoms with van der Waals surface area (Å²) in [5.41, 5.74) is 0. The molecule has 2 atom stereocenters. The molecule has 0 bridgehead atoms. The van der Waals surface area contributed by atoms with Gasteiger partial charge in [-0.3, -0.25) is 0 Å². The van der Waals surface area contributed by atoms with Crippen molar-refractivity contribution in [3.63, 3.8) is 0 Å². The van der Waals surface area contributed by atoms with Crippen molar-refractivity contribution in [3.8, 4) is 0 Å². The zero-order chi connectivity index (χ0) is 5.98. The molecule has 0 amide bonds. The van der Waals surface area contributed by atoms with E-state index in [0.29, 0.717) is 0 Å². The quantitative estimate of drug-likeness (QED) is 0.368. The summed E-state index contributed by atoms with van der Waals surface area (Å²) in [6, 6.07) is 0. The Morgan fingerprint density at radius 2 is 2.12 bits per heavy atom. The minimum absolute atomic E-state index is 0.0606. The molecule has 0 aromatic heterocycles. The van der Waals surface area contributed by atoms with Gasteiger partial charge in [0, 0.05) is 0 Å². The highest BCUT2D eigenvalue weighted by Crippen LogP contribution is 2.21. The molecule has 0 aliphatic heterocycles. The molecule has 8 heavy (non-hydrogen) atoms. The van der Waals surface area contributed by atoms with Crippen molar-refractivity contribution in [1.29, 1.82) is 0 Å². The summed E-state index contributed by atoms with van der Waals surface area (Å²) in [5, 5.41) is 0.215. The Balaban J connectivity index is 2.47. The SMILES string of the molecule is ClC1C=CCCC1Cl. The van der Waals surface area contributed by atoms with Crippen LogP contribution in [0.1, 0.15) is 12.8 Å². The summed E-state index contributed by atoms with van der Waals surface area (Å²) < 4.78 is 0. The van der Waals surface area contributed by atoms with Crippen LogP contribution in [0.2, 0.25) is 0 Å². The molecule has 1 rings (SSSR count). The Kier molecular flexibility index (Phi) is 2.21. The summed E-state index contributed by atoms with van der Waals surface area (Å²) >= 11 is 11.5. The van der Waals surface area contributed by atoms with Gasteiger partial charge in [0.2, 0.25) is 0 Å². The molecule has 0 heterocycles. The van der Waals surface area contributed by atoms with Gasteiger partial charge in [0.15, 0.2) is 0 Å². The van der Waals surface area contributed by atoms with Crippen LogP contribution in [0, 0.1) is 0 Å². The lowest BCUT2D eigenvalue weighted by molar-refractivity contribution is 0.745. The van der Waals surface area contributed by atoms with Gasteiger partial charge in [-0.2, -0.15) is 0 Å². The first-order valence-corrected chi connectivity index (χ1v) is 3.63. The van der Waals surface area contributed by atoms with Crippen LogP contribution < -0.4 is 0 Å². The second-order valence-electron chi connectivity index (χ2n) is 1.97. The van der Waals surface area contributed by atoms with Gasteiger partial charge in [-0.15, -0.1) is 23.2 Å². The lowest BCUT2D eigenvalue weighted by Crippen LogP contribution is -2.14. The van der Waals surface area contributed by atoms with Gasteiger partial charge in [0.25, 0.3) is 0 Å². The topological polar surface area (TPSA) is 0 Å². The zero-order valence-corrected chi connectivity index (χ0v) is 5.99. The van der Waals surface area contributed by atoms with Gasteiger partial charge in [0.05, 0.1) is 10.8 Å². The van der Waals surface area contributed by atoms with E-state index in [-0.39, 0.29) is 10.8 Å². The van der Waals surface area contributed by atoms with Gasteiger partial charge in [-0.05, 0) is 12.8 Å². The fraction of sp³-hybridized carbons (Fsp3) is 0.667. The summed E-state index contributed by atoms with van der Waals surface area (Å²) in [6.07, 6.45) is 6.14. The second kappa shape index (κ2) is 2.75. The molecule has 2 heteroatoms. The standard InChI is InChI=1S/C6H8Cl2/c7-5-3-1-2-4-6(5)8/h1,3,5-6H,2,4H2. The van der Waals surface area contributed by atoms with E-state index in [1.807, 2.05) is 6.08 Å². The van der Waals surface area contributed by atoms with Crippen molar-refractivity contribution in [1.82, 2.24) is 0 Å². The van der Waals surface area contributed by atoms with Crippen LogP contribution in [0.5, 0.6) is 0 Å². The maximum atomic E-state index is 5.78. The Labute approximate surface area is 59.5 Å². The van der Waals surface area contributed by atoms with Crippen LogP contribution in [0.25, 0.3) is 0 Å². The van der Waals surface area contributed by atoms with Crippen molar-refractivity contribution >= 4 is 23.2 Å². The number of hydrogen-bond donors (Lipinski definition) is 0. The van der Waals surface area contributed by atoms with E-state index >= 15 is 0 Å². The van der Waals surface area contributed by atoms with E-state index in [1.54, 1.807) is 0 Å². The first-order chi connectivity index (χ1) is 3.80. The number of rotatable bonds is 0. The molecule has 0 aromatic carbocycles. The molecule has 46 valence electrons. The van der Waals surface area contributed by atoms with Crippen LogP contribution >= 0.6 is 23.2 Å². The van der Waals surface area contributed by atoms with Gasteiger partial charge >= 0.3 is 0 Å². The largest absolute Gasteiger partial charge is 0.121 e. The van der Waals surface area contributed by atoms with E-state index in [0.717, 1.165) is 12.8 Å². The fourth-order valence-corrected chi connectivity index (χ4v) is 1.20. The number of allylic oxidation sites excluding steroid dienone is 2. The van der Waals surface area contributed by atoms with Gasteiger partial charge in [-0.25, -0.2) is 0 Å². The highest BCUT2D eigenvalue weighted by Gasteiger charge is 2.15. The highest BCUT2D eigenvalue weighted by molar-refractivity contribution is 6.30. The second-order valence-corrected chi connectivity index (χ2v) is 3.03. The van der Waals surface area contributed by atoms with Gasteiger partial charge in [-0.1, -0.05) is 12.2 Å². The summed E-state index contributed by atoms with van der Waals surface area (Å²) in [4.78, 5) is 0. The first-order valence-electron chi connectivity index (χ1n) is 2.75. The Morgan fingerprint density at radius 3 is 2.50 bits per heavy atom. The van der Waals surface area contributed by atoms with Crippen molar-refractivity contribution in [2.75, 3.05) is 0 Å². The first kappa shape index (κ1) is 6.44. The Bertz CT molecular complexity index is 98.7. The molecular formula is C6H8Cl2. The van der Waals surface area contributed by atoms with E-state index in [1.165, 1.54) is 0 Å². The molecule has 0 saturated heterocycles. The molecule has 2 unspecified atom stereocenters. The minimum atomic E-state index is 0.0606. The normalized spacial score (nSPS) is 37.8. The van der Waals surface area contributed by atoms with Crippen LogP contribution in [-0.2, 0) is 0 Å². The third-order valence-electron chi connectivity index (χ3n) is 1.27. The van der Waals surface area contributed by atoms with E-state index in [9.17, 15) is 0 Å². The third kappa shape index (κ3) is 1.40. The molecule has 0 spiro atoms. The maximum Gasteiger partial charge on any atom is 0.0679 e. The third-order valence-corrected chi connectivity index (χ3v) is 2.34. The monoisotopic (exact) mass is 150 g/mol. The molecule has 1 aliphatic rings. The molecule has 0 radical (unpaired) electrons. The Hall–Kier alpha value is 0.320.